The minimum atomic E-state index is -0.848. The third kappa shape index (κ3) is 5.16. The third-order valence-electron chi connectivity index (χ3n) is 1.64. The molecule has 0 aromatic carbocycles. The molecule has 1 N–H and O–H groups in total. The van der Waals surface area contributed by atoms with Gasteiger partial charge in [0.1, 0.15) is 0 Å². The monoisotopic (exact) mass is 193 g/mol. The Morgan fingerprint density at radius 1 is 1.50 bits per heavy atom. The van der Waals surface area contributed by atoms with Gasteiger partial charge in [-0.25, -0.2) is 4.79 Å². The summed E-state index contributed by atoms with van der Waals surface area (Å²) >= 11 is 0. The molecule has 4 heteroatoms. The number of rotatable bonds is 3. The molecule has 0 heterocycles. The minimum Gasteiger partial charge on any atom is -0.478 e. The van der Waals surface area contributed by atoms with Crippen molar-refractivity contribution in [3.8, 4) is 0 Å². The van der Waals surface area contributed by atoms with Crippen LogP contribution < -0.4 is 0 Å². The second kappa shape index (κ2) is 6.03. The van der Waals surface area contributed by atoms with Crippen molar-refractivity contribution in [3.63, 3.8) is 0 Å². The number of hydrogen-bond acceptors (Lipinski definition) is 2. The smallest absolute Gasteiger partial charge is 0.331 e. The normalized spacial score (nSPS) is 13.9. The standard InChI is InChI=1S/C8H15NO2.ClH/c1-6(8(10)11)5-7(2)9(3)4;/h5,7H,1-4H3,(H,10,11);1H. The molecule has 0 spiro atoms. The van der Waals surface area contributed by atoms with Crippen LogP contribution in [0.2, 0.25) is 0 Å². The van der Waals surface area contributed by atoms with Crippen LogP contribution in [-0.2, 0) is 4.79 Å². The summed E-state index contributed by atoms with van der Waals surface area (Å²) in [5, 5.41) is 8.53. The highest BCUT2D eigenvalue weighted by atomic mass is 35.5. The summed E-state index contributed by atoms with van der Waals surface area (Å²) in [5.74, 6) is -0.848. The Labute approximate surface area is 79.5 Å². The molecule has 0 aliphatic rings. The van der Waals surface area contributed by atoms with E-state index in [9.17, 15) is 4.79 Å². The van der Waals surface area contributed by atoms with E-state index in [1.165, 1.54) is 0 Å². The van der Waals surface area contributed by atoms with Gasteiger partial charge in [0.2, 0.25) is 0 Å². The van der Waals surface area contributed by atoms with E-state index in [0.717, 1.165) is 0 Å². The van der Waals surface area contributed by atoms with Crippen LogP contribution in [-0.4, -0.2) is 36.1 Å². The minimum absolute atomic E-state index is 0. The summed E-state index contributed by atoms with van der Waals surface area (Å²) < 4.78 is 0. The number of carboxylic acids is 1. The first-order valence-corrected chi connectivity index (χ1v) is 3.53. The first kappa shape index (κ1) is 14.0. The van der Waals surface area contributed by atoms with E-state index in [1.54, 1.807) is 13.0 Å². The van der Waals surface area contributed by atoms with E-state index >= 15 is 0 Å². The molecule has 0 fully saturated rings. The third-order valence-corrected chi connectivity index (χ3v) is 1.64. The predicted molar refractivity (Wildman–Crippen MR) is 51.8 cm³/mol. The molecule has 0 rings (SSSR count). The van der Waals surface area contributed by atoms with Gasteiger partial charge in [0.05, 0.1) is 0 Å². The van der Waals surface area contributed by atoms with Crippen LogP contribution in [0.3, 0.4) is 0 Å². The highest BCUT2D eigenvalue weighted by Crippen LogP contribution is 1.99. The molecule has 0 aliphatic heterocycles. The second-order valence-corrected chi connectivity index (χ2v) is 2.86. The van der Waals surface area contributed by atoms with Gasteiger partial charge in [-0.3, -0.25) is 0 Å². The van der Waals surface area contributed by atoms with Gasteiger partial charge in [0.15, 0.2) is 0 Å². The SMILES string of the molecule is CC(=CC(C)N(C)C)C(=O)O.Cl. The fraction of sp³-hybridized carbons (Fsp3) is 0.625. The fourth-order valence-corrected chi connectivity index (χ4v) is 0.582. The highest BCUT2D eigenvalue weighted by Gasteiger charge is 2.04. The van der Waals surface area contributed by atoms with E-state index in [2.05, 4.69) is 0 Å². The number of likely N-dealkylation sites (N-methyl/N-ethyl adjacent to an activating group) is 1. The summed E-state index contributed by atoms with van der Waals surface area (Å²) in [6, 6.07) is 0.172. The Bertz CT molecular complexity index is 178. The summed E-state index contributed by atoms with van der Waals surface area (Å²) in [6.07, 6.45) is 1.72. The molecule has 0 aromatic heterocycles. The van der Waals surface area contributed by atoms with Crippen molar-refractivity contribution in [3.05, 3.63) is 11.6 Å². The number of halogens is 1. The molecular formula is C8H16ClNO2. The molecule has 0 saturated heterocycles. The zero-order chi connectivity index (χ0) is 9.02. The molecule has 0 aliphatic carbocycles. The van der Waals surface area contributed by atoms with Gasteiger partial charge in [0.25, 0.3) is 0 Å². The topological polar surface area (TPSA) is 40.5 Å². The summed E-state index contributed by atoms with van der Waals surface area (Å²) in [5.41, 5.74) is 0.395. The van der Waals surface area contributed by atoms with E-state index in [0.29, 0.717) is 5.57 Å². The van der Waals surface area contributed by atoms with E-state index in [1.807, 2.05) is 25.9 Å². The van der Waals surface area contributed by atoms with Gasteiger partial charge in [-0.2, -0.15) is 0 Å². The molecule has 3 nitrogen and oxygen atoms in total. The van der Waals surface area contributed by atoms with E-state index < -0.39 is 5.97 Å². The molecule has 0 radical (unpaired) electrons. The van der Waals surface area contributed by atoms with Crippen molar-refractivity contribution in [2.45, 2.75) is 19.9 Å². The lowest BCUT2D eigenvalue weighted by molar-refractivity contribution is -0.132. The molecular weight excluding hydrogens is 178 g/mol. The molecule has 72 valence electrons. The van der Waals surface area contributed by atoms with Gasteiger partial charge < -0.3 is 10.0 Å². The van der Waals surface area contributed by atoms with E-state index in [-0.39, 0.29) is 18.4 Å². The largest absolute Gasteiger partial charge is 0.478 e. The predicted octanol–water partition coefficient (Wildman–Crippen LogP) is 1.39. The first-order chi connectivity index (χ1) is 4.95. The van der Waals surface area contributed by atoms with Crippen molar-refractivity contribution in [1.82, 2.24) is 4.90 Å². The summed E-state index contributed by atoms with van der Waals surface area (Å²) in [6.45, 7) is 3.55. The number of carboxylic acid groups (broad SMARTS) is 1. The Hall–Kier alpha value is -0.540. The van der Waals surface area contributed by atoms with Crippen LogP contribution in [0.15, 0.2) is 11.6 Å². The summed E-state index contributed by atoms with van der Waals surface area (Å²) in [4.78, 5) is 12.3. The molecule has 1 unspecified atom stereocenters. The summed E-state index contributed by atoms with van der Waals surface area (Å²) in [7, 11) is 3.83. The molecule has 1 atom stereocenters. The maximum absolute atomic E-state index is 10.4. The Morgan fingerprint density at radius 2 is 1.92 bits per heavy atom. The van der Waals surface area contributed by atoms with Crippen molar-refractivity contribution in [1.29, 1.82) is 0 Å². The van der Waals surface area contributed by atoms with Gasteiger partial charge >= 0.3 is 5.97 Å². The fourth-order valence-electron chi connectivity index (χ4n) is 0.582. The number of aliphatic carboxylic acids is 1. The van der Waals surface area contributed by atoms with Crippen LogP contribution in [0.5, 0.6) is 0 Å². The lowest BCUT2D eigenvalue weighted by atomic mass is 10.2. The number of nitrogens with zero attached hydrogens (tertiary/aromatic N) is 1. The lowest BCUT2D eigenvalue weighted by Gasteiger charge is -2.15. The lowest BCUT2D eigenvalue weighted by Crippen LogP contribution is -2.23. The van der Waals surface area contributed by atoms with Gasteiger partial charge in [0, 0.05) is 11.6 Å². The van der Waals surface area contributed by atoms with Crippen molar-refractivity contribution in [2.75, 3.05) is 14.1 Å². The average molecular weight is 194 g/mol. The van der Waals surface area contributed by atoms with Crippen LogP contribution in [0.1, 0.15) is 13.8 Å². The maximum atomic E-state index is 10.4. The highest BCUT2D eigenvalue weighted by molar-refractivity contribution is 5.86. The molecule has 0 saturated carbocycles. The van der Waals surface area contributed by atoms with Gasteiger partial charge in [-0.05, 0) is 27.9 Å². The zero-order valence-electron chi connectivity index (χ0n) is 7.87. The van der Waals surface area contributed by atoms with Crippen LogP contribution in [0.25, 0.3) is 0 Å². The van der Waals surface area contributed by atoms with Crippen molar-refractivity contribution in [2.24, 2.45) is 0 Å². The van der Waals surface area contributed by atoms with Gasteiger partial charge in [-0.1, -0.05) is 6.08 Å². The van der Waals surface area contributed by atoms with Gasteiger partial charge in [-0.15, -0.1) is 12.4 Å². The Balaban J connectivity index is 0. The number of carbonyl (C=O) groups is 1. The van der Waals surface area contributed by atoms with E-state index in [4.69, 9.17) is 5.11 Å². The van der Waals surface area contributed by atoms with Crippen molar-refractivity contribution < 1.29 is 9.90 Å². The van der Waals surface area contributed by atoms with Crippen LogP contribution in [0.4, 0.5) is 0 Å². The number of hydrogen-bond donors (Lipinski definition) is 1. The second-order valence-electron chi connectivity index (χ2n) is 2.86. The van der Waals surface area contributed by atoms with Crippen LogP contribution in [0, 0.1) is 0 Å². The molecule has 0 amide bonds. The average Bonchev–Trinajstić information content (AvgIpc) is 1.87. The maximum Gasteiger partial charge on any atom is 0.331 e. The Morgan fingerprint density at radius 3 is 2.17 bits per heavy atom. The Kier molecular flexibility index (Phi) is 7.04. The quantitative estimate of drug-likeness (QED) is 0.689. The van der Waals surface area contributed by atoms with Crippen molar-refractivity contribution >= 4 is 18.4 Å². The van der Waals surface area contributed by atoms with Crippen LogP contribution >= 0.6 is 12.4 Å². The first-order valence-electron chi connectivity index (χ1n) is 3.53. The zero-order valence-corrected chi connectivity index (χ0v) is 8.68. The molecule has 12 heavy (non-hydrogen) atoms. The molecule has 0 bridgehead atoms. The molecule has 0 aromatic rings.